The van der Waals surface area contributed by atoms with Gasteiger partial charge in [-0.2, -0.15) is 0 Å². The molecule has 0 atom stereocenters. The zero-order valence-corrected chi connectivity index (χ0v) is 16.1. The summed E-state index contributed by atoms with van der Waals surface area (Å²) >= 11 is 0. The van der Waals surface area contributed by atoms with Crippen LogP contribution in [0.3, 0.4) is 0 Å². The van der Waals surface area contributed by atoms with Crippen LogP contribution in [0.1, 0.15) is 44.9 Å². The van der Waals surface area contributed by atoms with E-state index in [1.165, 1.54) is 0 Å². The number of carbonyl (C=O) groups is 3. The Balaban J connectivity index is 1.45. The highest BCUT2D eigenvalue weighted by Gasteiger charge is 2.39. The molecule has 28 heavy (non-hydrogen) atoms. The zero-order valence-electron chi connectivity index (χ0n) is 16.1. The van der Waals surface area contributed by atoms with Crippen molar-refractivity contribution in [1.82, 2.24) is 10.2 Å². The highest BCUT2D eigenvalue weighted by Crippen LogP contribution is 2.33. The Morgan fingerprint density at radius 2 is 1.75 bits per heavy atom. The molecule has 2 amide bonds. The molecule has 2 N–H and O–H groups in total. The van der Waals surface area contributed by atoms with Crippen LogP contribution in [0.5, 0.6) is 5.75 Å². The van der Waals surface area contributed by atoms with E-state index in [1.807, 2.05) is 18.2 Å². The van der Waals surface area contributed by atoms with Crippen molar-refractivity contribution >= 4 is 17.8 Å². The second kappa shape index (κ2) is 9.08. The highest BCUT2D eigenvalue weighted by atomic mass is 16.5. The summed E-state index contributed by atoms with van der Waals surface area (Å²) in [5, 5.41) is 12.2. The van der Waals surface area contributed by atoms with Crippen molar-refractivity contribution in [2.75, 3.05) is 19.7 Å². The number of benzene rings is 1. The number of carboxylic acid groups (broad SMARTS) is 1. The van der Waals surface area contributed by atoms with Gasteiger partial charge in [-0.25, -0.2) is 0 Å². The number of carbonyl (C=O) groups excluding carboxylic acids is 2. The number of amides is 2. The SMILES string of the molecule is O=C(O)CC1(NC(=O)C2CCN(C(=O)COc3ccccc3)CC2)CCCC1. The molecule has 3 rings (SSSR count). The van der Waals surface area contributed by atoms with Crippen LogP contribution in [0.15, 0.2) is 30.3 Å². The molecule has 1 aromatic carbocycles. The summed E-state index contributed by atoms with van der Waals surface area (Å²) in [4.78, 5) is 38.0. The molecule has 1 aromatic rings. The number of aliphatic carboxylic acids is 1. The summed E-state index contributed by atoms with van der Waals surface area (Å²) in [5.41, 5.74) is -0.598. The topological polar surface area (TPSA) is 95.9 Å². The Kier molecular flexibility index (Phi) is 6.54. The van der Waals surface area contributed by atoms with Gasteiger partial charge in [0.05, 0.1) is 12.0 Å². The van der Waals surface area contributed by atoms with Crippen molar-refractivity contribution in [3.63, 3.8) is 0 Å². The summed E-state index contributed by atoms with van der Waals surface area (Å²) in [6.07, 6.45) is 4.49. The van der Waals surface area contributed by atoms with E-state index >= 15 is 0 Å². The third-order valence-electron chi connectivity index (χ3n) is 5.76. The van der Waals surface area contributed by atoms with E-state index in [2.05, 4.69) is 5.32 Å². The minimum Gasteiger partial charge on any atom is -0.484 e. The fourth-order valence-corrected chi connectivity index (χ4v) is 4.19. The summed E-state index contributed by atoms with van der Waals surface area (Å²) < 4.78 is 5.51. The van der Waals surface area contributed by atoms with Gasteiger partial charge < -0.3 is 20.1 Å². The Bertz CT molecular complexity index is 692. The second-order valence-corrected chi connectivity index (χ2v) is 7.80. The molecule has 0 bridgehead atoms. The van der Waals surface area contributed by atoms with E-state index in [4.69, 9.17) is 4.74 Å². The quantitative estimate of drug-likeness (QED) is 0.747. The number of likely N-dealkylation sites (tertiary alicyclic amines) is 1. The minimum atomic E-state index is -0.874. The van der Waals surface area contributed by atoms with E-state index in [0.717, 1.165) is 25.7 Å². The first-order valence-corrected chi connectivity index (χ1v) is 9.97. The number of nitrogens with zero attached hydrogens (tertiary/aromatic N) is 1. The number of hydrogen-bond donors (Lipinski definition) is 2. The number of para-hydroxylation sites is 1. The first-order chi connectivity index (χ1) is 13.5. The number of rotatable bonds is 7. The molecule has 0 aromatic heterocycles. The zero-order chi connectivity index (χ0) is 20.0. The summed E-state index contributed by atoms with van der Waals surface area (Å²) in [6, 6.07) is 9.20. The fraction of sp³-hybridized carbons (Fsp3) is 0.571. The molecule has 0 spiro atoms. The Morgan fingerprint density at radius 1 is 1.11 bits per heavy atom. The number of piperidine rings is 1. The summed E-state index contributed by atoms with van der Waals surface area (Å²) in [7, 11) is 0. The number of nitrogens with one attached hydrogen (secondary N) is 1. The second-order valence-electron chi connectivity index (χ2n) is 7.80. The van der Waals surface area contributed by atoms with Gasteiger partial charge in [-0.15, -0.1) is 0 Å². The van der Waals surface area contributed by atoms with Gasteiger partial charge in [0.25, 0.3) is 5.91 Å². The van der Waals surface area contributed by atoms with Crippen molar-refractivity contribution in [2.24, 2.45) is 5.92 Å². The molecule has 7 heteroatoms. The van der Waals surface area contributed by atoms with Gasteiger partial charge in [-0.05, 0) is 37.8 Å². The monoisotopic (exact) mass is 388 g/mol. The van der Waals surface area contributed by atoms with Gasteiger partial charge in [-0.1, -0.05) is 31.0 Å². The average Bonchev–Trinajstić information content (AvgIpc) is 3.14. The van der Waals surface area contributed by atoms with Gasteiger partial charge in [-0.3, -0.25) is 14.4 Å². The highest BCUT2D eigenvalue weighted by molar-refractivity contribution is 5.82. The van der Waals surface area contributed by atoms with Crippen LogP contribution in [0.4, 0.5) is 0 Å². The largest absolute Gasteiger partial charge is 0.484 e. The maximum Gasteiger partial charge on any atom is 0.305 e. The van der Waals surface area contributed by atoms with E-state index in [1.54, 1.807) is 17.0 Å². The van der Waals surface area contributed by atoms with Crippen LogP contribution >= 0.6 is 0 Å². The molecule has 152 valence electrons. The normalized spacial score (nSPS) is 19.2. The molecule has 1 aliphatic carbocycles. The van der Waals surface area contributed by atoms with Gasteiger partial charge in [0.2, 0.25) is 5.91 Å². The molecule has 2 aliphatic rings. The standard InChI is InChI=1S/C21H28N2O5/c24-18(15-28-17-6-2-1-3-7-17)23-12-8-16(9-13-23)20(27)22-21(14-19(25)26)10-4-5-11-21/h1-3,6-7,16H,4-5,8-15H2,(H,22,27)(H,25,26). The molecule has 1 heterocycles. The lowest BCUT2D eigenvalue weighted by Gasteiger charge is -2.35. The number of hydrogen-bond acceptors (Lipinski definition) is 4. The van der Waals surface area contributed by atoms with Crippen molar-refractivity contribution in [2.45, 2.75) is 50.5 Å². The summed E-state index contributed by atoms with van der Waals surface area (Å²) in [6.45, 7) is 1.02. The first kappa shape index (κ1) is 20.2. The van der Waals surface area contributed by atoms with Crippen molar-refractivity contribution in [3.05, 3.63) is 30.3 Å². The third kappa shape index (κ3) is 5.24. The molecule has 1 saturated heterocycles. The number of carboxylic acids is 1. The third-order valence-corrected chi connectivity index (χ3v) is 5.76. The predicted octanol–water partition coefficient (Wildman–Crippen LogP) is 2.21. The lowest BCUT2D eigenvalue weighted by atomic mass is 9.90. The average molecular weight is 388 g/mol. The van der Waals surface area contributed by atoms with Crippen molar-refractivity contribution in [3.8, 4) is 5.75 Å². The van der Waals surface area contributed by atoms with Crippen LogP contribution in [-0.4, -0.2) is 53.0 Å². The molecule has 0 radical (unpaired) electrons. The predicted molar refractivity (Wildman–Crippen MR) is 103 cm³/mol. The van der Waals surface area contributed by atoms with Gasteiger partial charge in [0, 0.05) is 19.0 Å². The van der Waals surface area contributed by atoms with Crippen molar-refractivity contribution < 1.29 is 24.2 Å². The van der Waals surface area contributed by atoms with E-state index in [9.17, 15) is 19.5 Å². The molecular weight excluding hydrogens is 360 g/mol. The maximum atomic E-state index is 12.7. The lowest BCUT2D eigenvalue weighted by Crippen LogP contribution is -2.52. The summed E-state index contributed by atoms with van der Waals surface area (Å²) in [5.74, 6) is -0.548. The van der Waals surface area contributed by atoms with E-state index in [0.29, 0.717) is 31.7 Å². The lowest BCUT2D eigenvalue weighted by molar-refractivity contribution is -0.141. The fourth-order valence-electron chi connectivity index (χ4n) is 4.19. The van der Waals surface area contributed by atoms with E-state index < -0.39 is 11.5 Å². The first-order valence-electron chi connectivity index (χ1n) is 9.97. The minimum absolute atomic E-state index is 0.0113. The molecule has 2 fully saturated rings. The van der Waals surface area contributed by atoms with Crippen molar-refractivity contribution in [1.29, 1.82) is 0 Å². The van der Waals surface area contributed by atoms with Gasteiger partial charge in [0.15, 0.2) is 6.61 Å². The van der Waals surface area contributed by atoms with Crippen LogP contribution in [0, 0.1) is 5.92 Å². The Morgan fingerprint density at radius 3 is 2.36 bits per heavy atom. The molecule has 1 saturated carbocycles. The maximum absolute atomic E-state index is 12.7. The van der Waals surface area contributed by atoms with E-state index in [-0.39, 0.29) is 30.8 Å². The number of ether oxygens (including phenoxy) is 1. The molecule has 0 unspecified atom stereocenters. The molecular formula is C21H28N2O5. The van der Waals surface area contributed by atoms with Crippen LogP contribution < -0.4 is 10.1 Å². The smallest absolute Gasteiger partial charge is 0.305 e. The molecule has 7 nitrogen and oxygen atoms in total. The molecule has 1 aliphatic heterocycles. The van der Waals surface area contributed by atoms with Crippen LogP contribution in [0.25, 0.3) is 0 Å². The van der Waals surface area contributed by atoms with Crippen LogP contribution in [0.2, 0.25) is 0 Å². The van der Waals surface area contributed by atoms with Crippen LogP contribution in [-0.2, 0) is 14.4 Å². The van der Waals surface area contributed by atoms with Gasteiger partial charge in [0.1, 0.15) is 5.75 Å². The Hall–Kier alpha value is -2.57. The van der Waals surface area contributed by atoms with Gasteiger partial charge >= 0.3 is 5.97 Å². The Labute approximate surface area is 165 Å².